The van der Waals surface area contributed by atoms with Crippen LogP contribution in [-0.4, -0.2) is 49.7 Å². The highest BCUT2D eigenvalue weighted by molar-refractivity contribution is 5.80. The molecule has 1 aliphatic heterocycles. The summed E-state index contributed by atoms with van der Waals surface area (Å²) >= 11 is 0. The number of nitrogens with zero attached hydrogens (tertiary/aromatic N) is 2. The summed E-state index contributed by atoms with van der Waals surface area (Å²) in [5, 5.41) is 6.23. The van der Waals surface area contributed by atoms with E-state index in [1.165, 1.54) is 0 Å². The van der Waals surface area contributed by atoms with Crippen molar-refractivity contribution < 1.29 is 18.3 Å². The summed E-state index contributed by atoms with van der Waals surface area (Å²) in [5.41, 5.74) is 0.236. The first-order valence-corrected chi connectivity index (χ1v) is 8.36. The van der Waals surface area contributed by atoms with Crippen molar-refractivity contribution in [2.45, 2.75) is 32.4 Å². The zero-order valence-corrected chi connectivity index (χ0v) is 14.5. The molecule has 0 radical (unpaired) electrons. The lowest BCUT2D eigenvalue weighted by Crippen LogP contribution is -2.49. The number of carbonyl (C=O) groups is 1. The monoisotopic (exact) mass is 354 g/mol. The molecule has 1 aromatic rings. The van der Waals surface area contributed by atoms with Gasteiger partial charge in [0.15, 0.2) is 5.96 Å². The van der Waals surface area contributed by atoms with E-state index in [1.54, 1.807) is 18.9 Å². The van der Waals surface area contributed by atoms with Gasteiger partial charge in [-0.1, -0.05) is 0 Å². The van der Waals surface area contributed by atoms with Crippen LogP contribution in [0.4, 0.5) is 13.6 Å². The van der Waals surface area contributed by atoms with Crippen LogP contribution in [0.15, 0.2) is 23.2 Å². The number of hydrogen-bond acceptors (Lipinski definition) is 3. The molecular formula is C17H24F2N4O2. The van der Waals surface area contributed by atoms with Crippen molar-refractivity contribution in [3.8, 4) is 0 Å². The van der Waals surface area contributed by atoms with Crippen molar-refractivity contribution in [2.24, 2.45) is 4.99 Å². The average molecular weight is 354 g/mol. The maximum Gasteiger partial charge on any atom is 0.409 e. The standard InChI is InChI=1S/C17H24F2N4O2/c1-3-25-17(24)23-8-6-14(7-9-23)22-16(20-2)21-11-12-10-13(18)4-5-15(12)19/h4-5,10,14H,3,6-9,11H2,1-2H3,(H2,20,21,22). The molecule has 6 nitrogen and oxygen atoms in total. The quantitative estimate of drug-likeness (QED) is 0.643. The minimum Gasteiger partial charge on any atom is -0.450 e. The normalized spacial score (nSPS) is 15.8. The van der Waals surface area contributed by atoms with Crippen molar-refractivity contribution in [3.05, 3.63) is 35.4 Å². The Labute approximate surface area is 146 Å². The molecule has 8 heteroatoms. The van der Waals surface area contributed by atoms with Gasteiger partial charge in [0.2, 0.25) is 0 Å². The number of nitrogens with one attached hydrogen (secondary N) is 2. The van der Waals surface area contributed by atoms with Gasteiger partial charge in [0.05, 0.1) is 6.61 Å². The maximum atomic E-state index is 13.6. The lowest BCUT2D eigenvalue weighted by molar-refractivity contribution is 0.0963. The third kappa shape index (κ3) is 5.58. The van der Waals surface area contributed by atoms with Crippen molar-refractivity contribution in [1.82, 2.24) is 15.5 Å². The molecule has 1 fully saturated rings. The van der Waals surface area contributed by atoms with E-state index in [0.717, 1.165) is 31.0 Å². The fraction of sp³-hybridized carbons (Fsp3) is 0.529. The number of guanidine groups is 1. The summed E-state index contributed by atoms with van der Waals surface area (Å²) in [6.45, 7) is 3.48. The van der Waals surface area contributed by atoms with E-state index in [1.807, 2.05) is 0 Å². The fourth-order valence-corrected chi connectivity index (χ4v) is 2.67. The molecule has 1 saturated heterocycles. The van der Waals surface area contributed by atoms with Gasteiger partial charge >= 0.3 is 6.09 Å². The second-order valence-corrected chi connectivity index (χ2v) is 5.77. The van der Waals surface area contributed by atoms with Crippen LogP contribution in [0.5, 0.6) is 0 Å². The first-order valence-electron chi connectivity index (χ1n) is 8.36. The number of halogens is 2. The zero-order valence-electron chi connectivity index (χ0n) is 14.5. The van der Waals surface area contributed by atoms with Crippen LogP contribution in [0.1, 0.15) is 25.3 Å². The van der Waals surface area contributed by atoms with Gasteiger partial charge < -0.3 is 20.3 Å². The van der Waals surface area contributed by atoms with E-state index in [9.17, 15) is 13.6 Å². The van der Waals surface area contributed by atoms with E-state index in [4.69, 9.17) is 4.74 Å². The summed E-state index contributed by atoms with van der Waals surface area (Å²) in [4.78, 5) is 17.5. The third-order valence-corrected chi connectivity index (χ3v) is 4.04. The third-order valence-electron chi connectivity index (χ3n) is 4.04. The molecule has 0 unspecified atom stereocenters. The second kappa shape index (κ2) is 9.19. The van der Waals surface area contributed by atoms with Crippen LogP contribution in [0.2, 0.25) is 0 Å². The molecule has 0 saturated carbocycles. The number of benzene rings is 1. The Morgan fingerprint density at radius 1 is 1.36 bits per heavy atom. The molecule has 25 heavy (non-hydrogen) atoms. The Bertz CT molecular complexity index is 617. The Morgan fingerprint density at radius 2 is 2.08 bits per heavy atom. The first-order chi connectivity index (χ1) is 12.0. The number of piperidine rings is 1. The molecule has 0 aromatic heterocycles. The highest BCUT2D eigenvalue weighted by Crippen LogP contribution is 2.12. The van der Waals surface area contributed by atoms with Crippen LogP contribution in [0, 0.1) is 11.6 Å². The topological polar surface area (TPSA) is 66.0 Å². The number of rotatable bonds is 4. The predicted octanol–water partition coefficient (Wildman–Crippen LogP) is 2.25. The largest absolute Gasteiger partial charge is 0.450 e. The molecule has 1 amide bonds. The van der Waals surface area contributed by atoms with Crippen LogP contribution < -0.4 is 10.6 Å². The summed E-state index contributed by atoms with van der Waals surface area (Å²) < 4.78 is 31.8. The zero-order chi connectivity index (χ0) is 18.2. The number of amides is 1. The summed E-state index contributed by atoms with van der Waals surface area (Å²) in [6, 6.07) is 3.50. The van der Waals surface area contributed by atoms with Gasteiger partial charge in [-0.05, 0) is 38.0 Å². The number of ether oxygens (including phenoxy) is 1. The van der Waals surface area contributed by atoms with Crippen LogP contribution in [0.3, 0.4) is 0 Å². The van der Waals surface area contributed by atoms with Crippen molar-refractivity contribution in [2.75, 3.05) is 26.7 Å². The van der Waals surface area contributed by atoms with E-state index in [0.29, 0.717) is 25.7 Å². The van der Waals surface area contributed by atoms with Gasteiger partial charge in [0.25, 0.3) is 0 Å². The van der Waals surface area contributed by atoms with Crippen LogP contribution >= 0.6 is 0 Å². The Kier molecular flexibility index (Phi) is 6.97. The van der Waals surface area contributed by atoms with Crippen LogP contribution in [-0.2, 0) is 11.3 Å². The van der Waals surface area contributed by atoms with Crippen molar-refractivity contribution >= 4 is 12.1 Å². The van der Waals surface area contributed by atoms with Gasteiger partial charge in [0.1, 0.15) is 11.6 Å². The highest BCUT2D eigenvalue weighted by Gasteiger charge is 2.24. The Morgan fingerprint density at radius 3 is 2.72 bits per heavy atom. The molecule has 0 atom stereocenters. The Hall–Kier alpha value is -2.38. The van der Waals surface area contributed by atoms with E-state index in [-0.39, 0.29) is 24.2 Å². The molecule has 1 aliphatic rings. The average Bonchev–Trinajstić information content (AvgIpc) is 2.62. The minimum absolute atomic E-state index is 0.130. The molecule has 0 bridgehead atoms. The van der Waals surface area contributed by atoms with E-state index < -0.39 is 11.6 Å². The smallest absolute Gasteiger partial charge is 0.409 e. The van der Waals surface area contributed by atoms with Gasteiger partial charge in [-0.3, -0.25) is 4.99 Å². The first kappa shape index (κ1) is 19.0. The molecule has 2 rings (SSSR count). The number of likely N-dealkylation sites (tertiary alicyclic amines) is 1. The van der Waals surface area contributed by atoms with E-state index >= 15 is 0 Å². The van der Waals surface area contributed by atoms with Gasteiger partial charge in [-0.15, -0.1) is 0 Å². The summed E-state index contributed by atoms with van der Waals surface area (Å²) in [5.74, 6) is -0.433. The summed E-state index contributed by atoms with van der Waals surface area (Å²) in [7, 11) is 1.62. The van der Waals surface area contributed by atoms with Gasteiger partial charge in [-0.25, -0.2) is 13.6 Å². The predicted molar refractivity (Wildman–Crippen MR) is 91.3 cm³/mol. The summed E-state index contributed by atoms with van der Waals surface area (Å²) in [6.07, 6.45) is 1.23. The molecule has 2 N–H and O–H groups in total. The lowest BCUT2D eigenvalue weighted by Gasteiger charge is -2.32. The van der Waals surface area contributed by atoms with Crippen molar-refractivity contribution in [1.29, 1.82) is 0 Å². The highest BCUT2D eigenvalue weighted by atomic mass is 19.1. The number of carbonyl (C=O) groups excluding carboxylic acids is 1. The second-order valence-electron chi connectivity index (χ2n) is 5.77. The molecular weight excluding hydrogens is 330 g/mol. The SMILES string of the molecule is CCOC(=O)N1CCC(NC(=NC)NCc2cc(F)ccc2F)CC1. The molecule has 0 spiro atoms. The minimum atomic E-state index is -0.479. The van der Waals surface area contributed by atoms with Gasteiger partial charge in [-0.2, -0.15) is 0 Å². The molecule has 1 aromatic carbocycles. The molecule has 0 aliphatic carbocycles. The Balaban J connectivity index is 1.81. The lowest BCUT2D eigenvalue weighted by atomic mass is 10.1. The van der Waals surface area contributed by atoms with Gasteiger partial charge in [0, 0.05) is 38.3 Å². The fourth-order valence-electron chi connectivity index (χ4n) is 2.67. The van der Waals surface area contributed by atoms with Crippen LogP contribution in [0.25, 0.3) is 0 Å². The number of aliphatic imine (C=N–C) groups is 1. The maximum absolute atomic E-state index is 13.6. The molecule has 1 heterocycles. The van der Waals surface area contributed by atoms with Crippen molar-refractivity contribution in [3.63, 3.8) is 0 Å². The number of hydrogen-bond donors (Lipinski definition) is 2. The van der Waals surface area contributed by atoms with E-state index in [2.05, 4.69) is 15.6 Å². The molecule has 138 valence electrons.